The lowest BCUT2D eigenvalue weighted by Gasteiger charge is -1.83. The second-order valence-corrected chi connectivity index (χ2v) is 1.53. The minimum Gasteiger partial charge on any atom is -0.381 e. The number of methoxy groups -OCH3 is 1. The van der Waals surface area contributed by atoms with Crippen LogP contribution in [0.2, 0.25) is 0 Å². The normalized spacial score (nSPS) is 10.2. The fourth-order valence-corrected chi connectivity index (χ4v) is 0.326. The van der Waals surface area contributed by atoms with Gasteiger partial charge in [0.2, 0.25) is 5.24 Å². The van der Waals surface area contributed by atoms with Crippen LogP contribution in [0, 0.1) is 0 Å². The first-order valence-electron chi connectivity index (χ1n) is 2.12. The monoisotopic (exact) mass is 134 g/mol. The van der Waals surface area contributed by atoms with E-state index in [1.54, 1.807) is 13.2 Å². The van der Waals surface area contributed by atoms with E-state index in [2.05, 4.69) is 4.74 Å². The van der Waals surface area contributed by atoms with Crippen LogP contribution in [0.25, 0.3) is 0 Å². The minimum absolute atomic E-state index is 0.429. The molecular formula is C5H7ClO2. The van der Waals surface area contributed by atoms with Crippen molar-refractivity contribution in [1.29, 1.82) is 0 Å². The van der Waals surface area contributed by atoms with Crippen LogP contribution in [0.1, 0.15) is 0 Å². The van der Waals surface area contributed by atoms with E-state index in [-0.39, 0.29) is 0 Å². The van der Waals surface area contributed by atoms with Crippen molar-refractivity contribution in [3.8, 4) is 0 Å². The largest absolute Gasteiger partial charge is 0.381 e. The fraction of sp³-hybridized carbons (Fsp3) is 0.400. The van der Waals surface area contributed by atoms with Gasteiger partial charge in [-0.05, 0) is 17.7 Å². The molecule has 3 heteroatoms. The predicted octanol–water partition coefficient (Wildman–Crippen LogP) is 0.954. The van der Waals surface area contributed by atoms with Crippen molar-refractivity contribution in [3.05, 3.63) is 12.2 Å². The van der Waals surface area contributed by atoms with Gasteiger partial charge in [0.1, 0.15) is 0 Å². The maximum atomic E-state index is 9.94. The van der Waals surface area contributed by atoms with Crippen molar-refractivity contribution in [2.24, 2.45) is 0 Å². The number of carbonyl (C=O) groups excluding carboxylic acids is 1. The van der Waals surface area contributed by atoms with Crippen LogP contribution in [-0.4, -0.2) is 19.0 Å². The molecule has 0 heterocycles. The van der Waals surface area contributed by atoms with Crippen LogP contribution in [0.5, 0.6) is 0 Å². The van der Waals surface area contributed by atoms with E-state index in [9.17, 15) is 4.79 Å². The molecule has 0 unspecified atom stereocenters. The topological polar surface area (TPSA) is 26.3 Å². The van der Waals surface area contributed by atoms with Gasteiger partial charge in [-0.1, -0.05) is 6.08 Å². The molecule has 0 radical (unpaired) electrons. The Balaban J connectivity index is 3.20. The molecule has 0 fully saturated rings. The van der Waals surface area contributed by atoms with Gasteiger partial charge >= 0.3 is 0 Å². The highest BCUT2D eigenvalue weighted by Crippen LogP contribution is 1.81. The van der Waals surface area contributed by atoms with Crippen molar-refractivity contribution >= 4 is 16.8 Å². The van der Waals surface area contributed by atoms with Gasteiger partial charge in [-0.15, -0.1) is 0 Å². The molecule has 0 saturated carbocycles. The summed E-state index contributed by atoms with van der Waals surface area (Å²) in [6.07, 6.45) is 2.81. The number of hydrogen-bond donors (Lipinski definition) is 0. The molecule has 2 nitrogen and oxygen atoms in total. The molecule has 0 aliphatic heterocycles. The van der Waals surface area contributed by atoms with Gasteiger partial charge in [0.25, 0.3) is 0 Å². The zero-order valence-electron chi connectivity index (χ0n) is 4.56. The minimum atomic E-state index is -0.470. The van der Waals surface area contributed by atoms with Crippen LogP contribution in [-0.2, 0) is 9.53 Å². The molecule has 0 spiro atoms. The summed E-state index contributed by atoms with van der Waals surface area (Å²) < 4.78 is 4.59. The molecule has 0 N–H and O–H groups in total. The Labute approximate surface area is 53.1 Å². The SMILES string of the molecule is COC/C=C/C(=O)Cl. The molecule has 0 amide bonds. The zero-order valence-corrected chi connectivity index (χ0v) is 5.31. The van der Waals surface area contributed by atoms with Crippen molar-refractivity contribution in [1.82, 2.24) is 0 Å². The van der Waals surface area contributed by atoms with Crippen molar-refractivity contribution in [2.75, 3.05) is 13.7 Å². The molecule has 0 rings (SSSR count). The first-order valence-corrected chi connectivity index (χ1v) is 2.50. The van der Waals surface area contributed by atoms with E-state index >= 15 is 0 Å². The second-order valence-electron chi connectivity index (χ2n) is 1.16. The van der Waals surface area contributed by atoms with Crippen molar-refractivity contribution in [3.63, 3.8) is 0 Å². The third kappa shape index (κ3) is 5.66. The Morgan fingerprint density at radius 3 is 2.88 bits per heavy atom. The third-order valence-electron chi connectivity index (χ3n) is 0.512. The summed E-state index contributed by atoms with van der Waals surface area (Å²) in [6.45, 7) is 0.429. The molecule has 0 aliphatic rings. The number of ether oxygens (including phenoxy) is 1. The lowest BCUT2D eigenvalue weighted by atomic mass is 10.5. The number of halogens is 1. The van der Waals surface area contributed by atoms with Crippen LogP contribution in [0.15, 0.2) is 12.2 Å². The fourth-order valence-electron chi connectivity index (χ4n) is 0.237. The third-order valence-corrected chi connectivity index (χ3v) is 0.638. The summed E-state index contributed by atoms with van der Waals surface area (Å²) in [4.78, 5) is 9.94. The maximum Gasteiger partial charge on any atom is 0.244 e. The summed E-state index contributed by atoms with van der Waals surface area (Å²) >= 11 is 4.93. The van der Waals surface area contributed by atoms with Crippen molar-refractivity contribution < 1.29 is 9.53 Å². The Morgan fingerprint density at radius 1 is 1.88 bits per heavy atom. The quantitative estimate of drug-likeness (QED) is 0.425. The van der Waals surface area contributed by atoms with Crippen LogP contribution < -0.4 is 0 Å². The summed E-state index contributed by atoms with van der Waals surface area (Å²) in [5.41, 5.74) is 0. The van der Waals surface area contributed by atoms with Gasteiger partial charge in [0.15, 0.2) is 0 Å². The average Bonchev–Trinajstić information content (AvgIpc) is 1.66. The van der Waals surface area contributed by atoms with E-state index in [1.165, 1.54) is 6.08 Å². The molecule has 0 atom stereocenters. The van der Waals surface area contributed by atoms with E-state index in [4.69, 9.17) is 11.6 Å². The summed E-state index contributed by atoms with van der Waals surface area (Å²) in [5.74, 6) is 0. The zero-order chi connectivity index (χ0) is 6.41. The Morgan fingerprint density at radius 2 is 2.50 bits per heavy atom. The average molecular weight is 135 g/mol. The van der Waals surface area contributed by atoms with Crippen LogP contribution in [0.4, 0.5) is 0 Å². The maximum absolute atomic E-state index is 9.94. The van der Waals surface area contributed by atoms with Gasteiger partial charge in [-0.2, -0.15) is 0 Å². The van der Waals surface area contributed by atoms with Gasteiger partial charge in [-0.3, -0.25) is 4.79 Å². The second kappa shape index (κ2) is 4.81. The van der Waals surface area contributed by atoms with Gasteiger partial charge < -0.3 is 4.74 Å². The smallest absolute Gasteiger partial charge is 0.244 e. The first kappa shape index (κ1) is 7.66. The molecule has 0 saturated heterocycles. The predicted molar refractivity (Wildman–Crippen MR) is 31.9 cm³/mol. The Bertz CT molecular complexity index is 98.6. The molecular weight excluding hydrogens is 128 g/mol. The summed E-state index contributed by atoms with van der Waals surface area (Å²) in [7, 11) is 1.54. The summed E-state index contributed by atoms with van der Waals surface area (Å²) in [6, 6.07) is 0. The number of rotatable bonds is 3. The van der Waals surface area contributed by atoms with Gasteiger partial charge in [0.05, 0.1) is 6.61 Å². The van der Waals surface area contributed by atoms with E-state index < -0.39 is 5.24 Å². The number of allylic oxidation sites excluding steroid dienone is 1. The van der Waals surface area contributed by atoms with Crippen molar-refractivity contribution in [2.45, 2.75) is 0 Å². The van der Waals surface area contributed by atoms with Crippen LogP contribution >= 0.6 is 11.6 Å². The lowest BCUT2D eigenvalue weighted by molar-refractivity contribution is -0.107. The highest BCUT2D eigenvalue weighted by Gasteiger charge is 1.81. The number of carbonyl (C=O) groups is 1. The Kier molecular flexibility index (Phi) is 4.61. The molecule has 0 bridgehead atoms. The molecule has 46 valence electrons. The van der Waals surface area contributed by atoms with E-state index in [0.717, 1.165) is 0 Å². The highest BCUT2D eigenvalue weighted by molar-refractivity contribution is 6.66. The van der Waals surface area contributed by atoms with E-state index in [0.29, 0.717) is 6.61 Å². The molecule has 0 aliphatic carbocycles. The van der Waals surface area contributed by atoms with Gasteiger partial charge in [-0.25, -0.2) is 0 Å². The Hall–Kier alpha value is -0.340. The summed E-state index contributed by atoms with van der Waals surface area (Å²) in [5, 5.41) is -0.470. The molecule has 0 aromatic rings. The van der Waals surface area contributed by atoms with Gasteiger partial charge in [0, 0.05) is 7.11 Å². The highest BCUT2D eigenvalue weighted by atomic mass is 35.5. The first-order chi connectivity index (χ1) is 3.77. The standard InChI is InChI=1S/C5H7ClO2/c1-8-4-2-3-5(6)7/h2-3H,4H2,1H3/b3-2+. The molecule has 8 heavy (non-hydrogen) atoms. The lowest BCUT2D eigenvalue weighted by Crippen LogP contribution is -1.82. The molecule has 0 aromatic heterocycles. The molecule has 0 aromatic carbocycles. The number of hydrogen-bond acceptors (Lipinski definition) is 2. The van der Waals surface area contributed by atoms with Crippen LogP contribution in [0.3, 0.4) is 0 Å². The van der Waals surface area contributed by atoms with E-state index in [1.807, 2.05) is 0 Å².